The van der Waals surface area contributed by atoms with Gasteiger partial charge in [-0.25, -0.2) is 15.0 Å². The first-order valence-electron chi connectivity index (χ1n) is 10.3. The van der Waals surface area contributed by atoms with Crippen LogP contribution in [0.1, 0.15) is 42.0 Å². The second kappa shape index (κ2) is 7.04. The van der Waals surface area contributed by atoms with Gasteiger partial charge in [0, 0.05) is 44.1 Å². The summed E-state index contributed by atoms with van der Waals surface area (Å²) in [6, 6.07) is 2.18. The zero-order valence-corrected chi connectivity index (χ0v) is 17.8. The van der Waals surface area contributed by atoms with Crippen molar-refractivity contribution in [2.45, 2.75) is 45.8 Å². The number of likely N-dealkylation sites (tertiary alicyclic amines) is 1. The van der Waals surface area contributed by atoms with Crippen LogP contribution in [0, 0.1) is 11.8 Å². The second-order valence-electron chi connectivity index (χ2n) is 9.41. The highest BCUT2D eigenvalue weighted by Crippen LogP contribution is 2.35. The molecule has 3 aliphatic rings. The highest BCUT2D eigenvalue weighted by atomic mass is 32.1. The molecule has 0 spiro atoms. The van der Waals surface area contributed by atoms with Crippen molar-refractivity contribution in [3.63, 3.8) is 0 Å². The topological polar surface area (TPSA) is 54.4 Å². The highest BCUT2D eigenvalue weighted by molar-refractivity contribution is 7.11. The molecule has 7 heteroatoms. The number of thiazole rings is 1. The maximum Gasteiger partial charge on any atom is 0.132 e. The van der Waals surface area contributed by atoms with Gasteiger partial charge in [-0.1, -0.05) is 20.8 Å². The summed E-state index contributed by atoms with van der Waals surface area (Å²) in [7, 11) is 0. The Morgan fingerprint density at radius 1 is 1.14 bits per heavy atom. The van der Waals surface area contributed by atoms with Crippen molar-refractivity contribution in [3.05, 3.63) is 33.7 Å². The molecule has 0 amide bonds. The van der Waals surface area contributed by atoms with Gasteiger partial charge in [0.2, 0.25) is 0 Å². The molecular formula is C21H29N5OS. The van der Waals surface area contributed by atoms with E-state index >= 15 is 0 Å². The Labute approximate surface area is 171 Å². The van der Waals surface area contributed by atoms with E-state index in [4.69, 9.17) is 9.72 Å². The number of aromatic nitrogens is 3. The molecular weight excluding hydrogens is 370 g/mol. The Morgan fingerprint density at radius 3 is 2.64 bits per heavy atom. The Morgan fingerprint density at radius 2 is 1.93 bits per heavy atom. The van der Waals surface area contributed by atoms with Crippen LogP contribution in [0.4, 0.5) is 5.82 Å². The summed E-state index contributed by atoms with van der Waals surface area (Å²) in [6.45, 7) is 13.7. The second-order valence-corrected chi connectivity index (χ2v) is 10.6. The van der Waals surface area contributed by atoms with E-state index in [0.29, 0.717) is 0 Å². The molecule has 2 atom stereocenters. The van der Waals surface area contributed by atoms with E-state index in [1.165, 1.54) is 28.7 Å². The summed E-state index contributed by atoms with van der Waals surface area (Å²) in [6.07, 6.45) is 2.70. The lowest BCUT2D eigenvalue weighted by molar-refractivity contribution is 0.112. The molecule has 0 bridgehead atoms. The van der Waals surface area contributed by atoms with Crippen LogP contribution in [0.15, 0.2) is 12.4 Å². The van der Waals surface area contributed by atoms with Crippen molar-refractivity contribution >= 4 is 17.2 Å². The molecule has 5 rings (SSSR count). The van der Waals surface area contributed by atoms with Gasteiger partial charge in [0.25, 0.3) is 0 Å². The predicted molar refractivity (Wildman–Crippen MR) is 111 cm³/mol. The maximum absolute atomic E-state index is 5.56. The Kier molecular flexibility index (Phi) is 4.64. The minimum absolute atomic E-state index is 0.0575. The zero-order valence-electron chi connectivity index (χ0n) is 17.0. The van der Waals surface area contributed by atoms with Crippen molar-refractivity contribution in [3.8, 4) is 0 Å². The predicted octanol–water partition coefficient (Wildman–Crippen LogP) is 2.87. The number of hydrogen-bond donors (Lipinski definition) is 0. The number of hydrogen-bond acceptors (Lipinski definition) is 7. The lowest BCUT2D eigenvalue weighted by Gasteiger charge is -2.24. The van der Waals surface area contributed by atoms with Gasteiger partial charge in [-0.15, -0.1) is 11.3 Å². The molecule has 6 nitrogen and oxygen atoms in total. The number of rotatable bonds is 3. The maximum atomic E-state index is 5.56. The van der Waals surface area contributed by atoms with Gasteiger partial charge in [-0.2, -0.15) is 0 Å². The van der Waals surface area contributed by atoms with Crippen molar-refractivity contribution in [1.29, 1.82) is 0 Å². The molecule has 2 aromatic rings. The van der Waals surface area contributed by atoms with Gasteiger partial charge in [-0.05, 0) is 11.8 Å². The first-order valence-corrected chi connectivity index (χ1v) is 11.1. The fourth-order valence-corrected chi connectivity index (χ4v) is 5.77. The SMILES string of the molecule is CC(C)(C)c1cc(N2CC3CN(Cc4nc5c(s4)COCC5)CC3C2)ncn1. The monoisotopic (exact) mass is 399 g/mol. The molecule has 28 heavy (non-hydrogen) atoms. The van der Waals surface area contributed by atoms with Crippen LogP contribution in [0.25, 0.3) is 0 Å². The summed E-state index contributed by atoms with van der Waals surface area (Å²) in [5.74, 6) is 2.55. The van der Waals surface area contributed by atoms with Gasteiger partial charge in [-0.3, -0.25) is 4.90 Å². The molecule has 5 heterocycles. The van der Waals surface area contributed by atoms with Crippen LogP contribution in [0.5, 0.6) is 0 Å². The molecule has 0 radical (unpaired) electrons. The third kappa shape index (κ3) is 3.55. The number of nitrogens with zero attached hydrogens (tertiary/aromatic N) is 5. The van der Waals surface area contributed by atoms with E-state index in [1.54, 1.807) is 6.33 Å². The van der Waals surface area contributed by atoms with Crippen LogP contribution < -0.4 is 4.90 Å². The molecule has 3 aliphatic heterocycles. The minimum Gasteiger partial charge on any atom is -0.375 e. The smallest absolute Gasteiger partial charge is 0.132 e. The molecule has 0 saturated carbocycles. The van der Waals surface area contributed by atoms with E-state index in [9.17, 15) is 0 Å². The van der Waals surface area contributed by atoms with E-state index in [-0.39, 0.29) is 5.41 Å². The van der Waals surface area contributed by atoms with E-state index < -0.39 is 0 Å². The van der Waals surface area contributed by atoms with Gasteiger partial charge in [0.1, 0.15) is 17.2 Å². The Balaban J connectivity index is 1.21. The minimum atomic E-state index is 0.0575. The van der Waals surface area contributed by atoms with E-state index in [0.717, 1.165) is 62.6 Å². The molecule has 0 aliphatic carbocycles. The number of fused-ring (bicyclic) bond motifs is 2. The summed E-state index contributed by atoms with van der Waals surface area (Å²) in [5.41, 5.74) is 2.45. The fourth-order valence-electron chi connectivity index (χ4n) is 4.67. The van der Waals surface area contributed by atoms with Crippen molar-refractivity contribution < 1.29 is 4.74 Å². The molecule has 2 saturated heterocycles. The molecule has 2 fully saturated rings. The Bertz CT molecular complexity index is 823. The summed E-state index contributed by atoms with van der Waals surface area (Å²) >= 11 is 1.85. The molecule has 0 aromatic carbocycles. The fraction of sp³-hybridized carbons (Fsp3) is 0.667. The van der Waals surface area contributed by atoms with Crippen molar-refractivity contribution in [2.75, 3.05) is 37.7 Å². The van der Waals surface area contributed by atoms with Crippen molar-refractivity contribution in [2.24, 2.45) is 11.8 Å². The molecule has 150 valence electrons. The summed E-state index contributed by atoms with van der Waals surface area (Å²) < 4.78 is 5.56. The quantitative estimate of drug-likeness (QED) is 0.791. The van der Waals surface area contributed by atoms with Crippen LogP contribution >= 0.6 is 11.3 Å². The highest BCUT2D eigenvalue weighted by Gasteiger charge is 2.40. The number of anilines is 1. The standard InChI is InChI=1S/C21H29N5OS/c1-21(2,3)18-6-19(23-13-22-18)26-9-14-7-25(8-15(14)10-26)11-20-24-16-4-5-27-12-17(16)28-20/h6,13-15H,4-5,7-12H2,1-3H3. The normalized spacial score (nSPS) is 25.2. The Hall–Kier alpha value is -1.57. The first kappa shape index (κ1) is 18.5. The van der Waals surface area contributed by atoms with Crippen LogP contribution in [0.2, 0.25) is 0 Å². The summed E-state index contributed by atoms with van der Waals surface area (Å²) in [5, 5.41) is 1.26. The van der Waals surface area contributed by atoms with Gasteiger partial charge < -0.3 is 9.64 Å². The van der Waals surface area contributed by atoms with Gasteiger partial charge >= 0.3 is 0 Å². The van der Waals surface area contributed by atoms with Crippen LogP contribution in [-0.4, -0.2) is 52.6 Å². The van der Waals surface area contributed by atoms with E-state index in [2.05, 4.69) is 46.6 Å². The van der Waals surface area contributed by atoms with E-state index in [1.807, 2.05) is 11.3 Å². The molecule has 0 N–H and O–H groups in total. The first-order chi connectivity index (χ1) is 13.5. The molecule has 2 aromatic heterocycles. The third-order valence-corrected chi connectivity index (χ3v) is 7.26. The third-order valence-electron chi connectivity index (χ3n) is 6.20. The average Bonchev–Trinajstić information content (AvgIpc) is 3.33. The van der Waals surface area contributed by atoms with Gasteiger partial charge in [0.05, 0.1) is 36.0 Å². The lowest BCUT2D eigenvalue weighted by Crippen LogP contribution is -2.29. The van der Waals surface area contributed by atoms with Crippen LogP contribution in [0.3, 0.4) is 0 Å². The lowest BCUT2D eigenvalue weighted by atomic mass is 9.92. The van der Waals surface area contributed by atoms with Crippen molar-refractivity contribution in [1.82, 2.24) is 19.9 Å². The van der Waals surface area contributed by atoms with Gasteiger partial charge in [0.15, 0.2) is 0 Å². The number of ether oxygens (including phenoxy) is 1. The zero-order chi connectivity index (χ0) is 19.3. The summed E-state index contributed by atoms with van der Waals surface area (Å²) in [4.78, 5) is 20.3. The largest absolute Gasteiger partial charge is 0.375 e. The van der Waals surface area contributed by atoms with Crippen LogP contribution in [-0.2, 0) is 29.7 Å². The molecule has 2 unspecified atom stereocenters. The average molecular weight is 400 g/mol.